The first kappa shape index (κ1) is 17.8. The number of thiophene rings is 1. The Hall–Kier alpha value is -1.63. The molecular formula is C20H26N2O3S. The first-order chi connectivity index (χ1) is 12.7. The highest BCUT2D eigenvalue weighted by atomic mass is 32.1. The highest BCUT2D eigenvalue weighted by molar-refractivity contribution is 7.08. The van der Waals surface area contributed by atoms with Crippen molar-refractivity contribution in [2.75, 3.05) is 39.9 Å². The molecule has 1 atom stereocenters. The quantitative estimate of drug-likeness (QED) is 0.805. The van der Waals surface area contributed by atoms with Gasteiger partial charge in [0.15, 0.2) is 0 Å². The molecule has 4 heterocycles. The highest BCUT2D eigenvalue weighted by Gasteiger charge is 2.49. The third kappa shape index (κ3) is 3.46. The molecule has 1 amide bonds. The normalized spacial score (nSPS) is 23.0. The van der Waals surface area contributed by atoms with Crippen LogP contribution in [0.25, 0.3) is 0 Å². The fraction of sp³-hybridized carbons (Fsp3) is 0.550. The van der Waals surface area contributed by atoms with Crippen molar-refractivity contribution in [3.8, 4) is 0 Å². The third-order valence-corrected chi connectivity index (χ3v) is 6.73. The summed E-state index contributed by atoms with van der Waals surface area (Å²) in [5, 5.41) is 3.92. The zero-order chi connectivity index (χ0) is 18.0. The Bertz CT molecular complexity index is 706. The van der Waals surface area contributed by atoms with Gasteiger partial charge in [-0.3, -0.25) is 9.69 Å². The minimum absolute atomic E-state index is 0.169. The zero-order valence-corrected chi connectivity index (χ0v) is 16.0. The summed E-state index contributed by atoms with van der Waals surface area (Å²) >= 11 is 1.58. The molecule has 2 aromatic rings. The van der Waals surface area contributed by atoms with Crippen LogP contribution in [0.1, 0.15) is 29.0 Å². The summed E-state index contributed by atoms with van der Waals surface area (Å²) in [4.78, 5) is 17.3. The van der Waals surface area contributed by atoms with E-state index in [0.717, 1.165) is 63.5 Å². The average Bonchev–Trinajstić information content (AvgIpc) is 3.40. The van der Waals surface area contributed by atoms with Gasteiger partial charge in [0, 0.05) is 31.5 Å². The molecule has 0 bridgehead atoms. The van der Waals surface area contributed by atoms with E-state index in [9.17, 15) is 4.79 Å². The summed E-state index contributed by atoms with van der Waals surface area (Å²) in [6.45, 7) is 5.34. The lowest BCUT2D eigenvalue weighted by Crippen LogP contribution is -2.45. The number of hydrogen-bond acceptors (Lipinski definition) is 5. The lowest BCUT2D eigenvalue weighted by molar-refractivity contribution is 0.0329. The molecule has 0 radical (unpaired) electrons. The van der Waals surface area contributed by atoms with Crippen LogP contribution in [-0.4, -0.2) is 55.6 Å². The van der Waals surface area contributed by atoms with Crippen molar-refractivity contribution < 1.29 is 13.9 Å². The lowest BCUT2D eigenvalue weighted by atomic mass is 9.71. The third-order valence-electron chi connectivity index (χ3n) is 6.05. The van der Waals surface area contributed by atoms with Crippen molar-refractivity contribution in [1.82, 2.24) is 9.80 Å². The molecular weight excluding hydrogens is 348 g/mol. The van der Waals surface area contributed by atoms with Crippen LogP contribution in [0.2, 0.25) is 0 Å². The number of furan rings is 1. The predicted octanol–water partition coefficient (Wildman–Crippen LogP) is 3.34. The Kier molecular flexibility index (Phi) is 5.16. The molecule has 4 rings (SSSR count). The van der Waals surface area contributed by atoms with Gasteiger partial charge < -0.3 is 14.1 Å². The summed E-state index contributed by atoms with van der Waals surface area (Å²) in [5.74, 6) is 1.61. The summed E-state index contributed by atoms with van der Waals surface area (Å²) < 4.78 is 11.0. The number of rotatable bonds is 5. The van der Waals surface area contributed by atoms with Gasteiger partial charge >= 0.3 is 0 Å². The number of methoxy groups -OCH3 is 1. The van der Waals surface area contributed by atoms with E-state index in [4.69, 9.17) is 9.15 Å². The first-order valence-corrected chi connectivity index (χ1v) is 10.2. The molecule has 5 nitrogen and oxygen atoms in total. The van der Waals surface area contributed by atoms with E-state index in [-0.39, 0.29) is 11.3 Å². The van der Waals surface area contributed by atoms with Crippen molar-refractivity contribution in [2.24, 2.45) is 11.3 Å². The van der Waals surface area contributed by atoms with Crippen LogP contribution < -0.4 is 0 Å². The number of carbonyl (C=O) groups is 1. The topological polar surface area (TPSA) is 45.9 Å². The van der Waals surface area contributed by atoms with E-state index in [1.807, 2.05) is 33.9 Å². The number of likely N-dealkylation sites (tertiary alicyclic amines) is 2. The largest absolute Gasteiger partial charge is 0.468 e. The van der Waals surface area contributed by atoms with Crippen LogP contribution in [0.15, 0.2) is 39.6 Å². The van der Waals surface area contributed by atoms with Gasteiger partial charge in [0.25, 0.3) is 5.91 Å². The second-order valence-electron chi connectivity index (χ2n) is 7.57. The maximum Gasteiger partial charge on any atom is 0.254 e. The van der Waals surface area contributed by atoms with Crippen LogP contribution in [0.5, 0.6) is 0 Å². The molecule has 1 spiro atoms. The van der Waals surface area contributed by atoms with Gasteiger partial charge in [0.05, 0.1) is 25.0 Å². The average molecular weight is 375 g/mol. The van der Waals surface area contributed by atoms with Crippen LogP contribution in [-0.2, 0) is 11.3 Å². The minimum atomic E-state index is 0.169. The summed E-state index contributed by atoms with van der Waals surface area (Å²) in [6, 6.07) is 5.91. The second-order valence-corrected chi connectivity index (χ2v) is 8.35. The fourth-order valence-corrected chi connectivity index (χ4v) is 5.16. The van der Waals surface area contributed by atoms with Gasteiger partial charge in [-0.05, 0) is 54.9 Å². The van der Waals surface area contributed by atoms with Gasteiger partial charge in [-0.1, -0.05) is 0 Å². The fourth-order valence-electron chi connectivity index (χ4n) is 4.53. The van der Waals surface area contributed by atoms with E-state index in [0.29, 0.717) is 5.92 Å². The van der Waals surface area contributed by atoms with Crippen LogP contribution >= 0.6 is 11.3 Å². The molecule has 140 valence electrons. The van der Waals surface area contributed by atoms with E-state index in [1.54, 1.807) is 24.7 Å². The van der Waals surface area contributed by atoms with Crippen molar-refractivity contribution in [3.63, 3.8) is 0 Å². The van der Waals surface area contributed by atoms with Crippen LogP contribution in [0.4, 0.5) is 0 Å². The Balaban J connectivity index is 1.43. The van der Waals surface area contributed by atoms with E-state index in [2.05, 4.69) is 4.90 Å². The SMILES string of the molecule is COCC1CN(C(=O)c2ccsc2)CC12CCN(Cc1ccco1)CC2. The molecule has 2 aliphatic rings. The molecule has 2 fully saturated rings. The summed E-state index contributed by atoms with van der Waals surface area (Å²) in [6.07, 6.45) is 3.95. The monoisotopic (exact) mass is 374 g/mol. The Labute approximate surface area is 158 Å². The Morgan fingerprint density at radius 3 is 2.88 bits per heavy atom. The molecule has 2 aliphatic heterocycles. The van der Waals surface area contributed by atoms with Crippen LogP contribution in [0, 0.1) is 11.3 Å². The Morgan fingerprint density at radius 2 is 2.23 bits per heavy atom. The molecule has 1 unspecified atom stereocenters. The van der Waals surface area contributed by atoms with E-state index < -0.39 is 0 Å². The number of nitrogens with zero attached hydrogens (tertiary/aromatic N) is 2. The second kappa shape index (κ2) is 7.55. The highest BCUT2D eigenvalue weighted by Crippen LogP contribution is 2.45. The van der Waals surface area contributed by atoms with Gasteiger partial charge in [0.2, 0.25) is 0 Å². The van der Waals surface area contributed by atoms with Crippen molar-refractivity contribution in [2.45, 2.75) is 19.4 Å². The minimum Gasteiger partial charge on any atom is -0.468 e. The molecule has 2 aromatic heterocycles. The van der Waals surface area contributed by atoms with Gasteiger partial charge in [-0.2, -0.15) is 11.3 Å². The number of amides is 1. The molecule has 0 saturated carbocycles. The maximum atomic E-state index is 12.8. The number of carbonyl (C=O) groups excluding carboxylic acids is 1. The lowest BCUT2D eigenvalue weighted by Gasteiger charge is -2.42. The van der Waals surface area contributed by atoms with Gasteiger partial charge in [-0.25, -0.2) is 0 Å². The standard InChI is InChI=1S/C20H26N2O3S/c1-24-13-17-11-22(19(23)16-4-10-26-14-16)15-20(17)5-7-21(8-6-20)12-18-3-2-9-25-18/h2-4,9-10,14,17H,5-8,11-13,15H2,1H3. The number of hydrogen-bond donors (Lipinski definition) is 0. The molecule has 0 aliphatic carbocycles. The maximum absolute atomic E-state index is 12.8. The van der Waals surface area contributed by atoms with E-state index in [1.165, 1.54) is 0 Å². The zero-order valence-electron chi connectivity index (χ0n) is 15.2. The molecule has 6 heteroatoms. The van der Waals surface area contributed by atoms with Crippen molar-refractivity contribution in [1.29, 1.82) is 0 Å². The molecule has 0 N–H and O–H groups in total. The molecule has 0 aromatic carbocycles. The van der Waals surface area contributed by atoms with Crippen molar-refractivity contribution >= 4 is 17.2 Å². The smallest absolute Gasteiger partial charge is 0.254 e. The van der Waals surface area contributed by atoms with Crippen molar-refractivity contribution in [3.05, 3.63) is 46.5 Å². The number of ether oxygens (including phenoxy) is 1. The Morgan fingerprint density at radius 1 is 1.38 bits per heavy atom. The van der Waals surface area contributed by atoms with E-state index >= 15 is 0 Å². The first-order valence-electron chi connectivity index (χ1n) is 9.25. The number of piperidine rings is 1. The summed E-state index contributed by atoms with van der Waals surface area (Å²) in [7, 11) is 1.77. The predicted molar refractivity (Wildman–Crippen MR) is 101 cm³/mol. The van der Waals surface area contributed by atoms with Gasteiger partial charge in [-0.15, -0.1) is 0 Å². The summed E-state index contributed by atoms with van der Waals surface area (Å²) in [5.41, 5.74) is 1.000. The van der Waals surface area contributed by atoms with Crippen LogP contribution in [0.3, 0.4) is 0 Å². The van der Waals surface area contributed by atoms with Gasteiger partial charge in [0.1, 0.15) is 5.76 Å². The molecule has 26 heavy (non-hydrogen) atoms. The molecule has 2 saturated heterocycles.